The van der Waals surface area contributed by atoms with E-state index in [1.807, 2.05) is 13.8 Å². The number of aliphatic hydroxyl groups excluding tert-OH is 1. The predicted molar refractivity (Wildman–Crippen MR) is 56.1 cm³/mol. The van der Waals surface area contributed by atoms with E-state index in [1.54, 1.807) is 0 Å². The highest BCUT2D eigenvalue weighted by atomic mass is 16.6. The number of rotatable bonds is 0. The molecule has 1 aliphatic heterocycles. The smallest absolute Gasteiger partial charge is 0.306 e. The summed E-state index contributed by atoms with van der Waals surface area (Å²) in [5, 5.41) is 10.1. The number of allylic oxidation sites excluding steroid dienone is 1. The Morgan fingerprint density at radius 2 is 2.27 bits per heavy atom. The van der Waals surface area contributed by atoms with Crippen molar-refractivity contribution in [2.75, 3.05) is 0 Å². The first-order valence-electron chi connectivity index (χ1n) is 5.51. The maximum atomic E-state index is 11.4. The highest BCUT2D eigenvalue weighted by Gasteiger charge is 2.51. The Balaban J connectivity index is 2.37. The molecule has 84 valence electrons. The lowest BCUT2D eigenvalue weighted by Gasteiger charge is -2.49. The minimum absolute atomic E-state index is 0.185. The van der Waals surface area contributed by atoms with E-state index in [-0.39, 0.29) is 17.8 Å². The average Bonchev–Trinajstić information content (AvgIpc) is 2.12. The normalized spacial score (nSPS) is 45.5. The van der Waals surface area contributed by atoms with Gasteiger partial charge in [0.05, 0.1) is 0 Å². The van der Waals surface area contributed by atoms with Gasteiger partial charge in [0, 0.05) is 12.3 Å². The number of ether oxygens (including phenoxy) is 1. The Labute approximate surface area is 90.1 Å². The third-order valence-corrected chi connectivity index (χ3v) is 3.91. The molecule has 1 fully saturated rings. The molecule has 1 saturated heterocycles. The SMILES string of the molecule is CC1=CC[C@@H]2[C@@H](C)CC(=O)O[C@@]2(C)[C@@H]1O. The highest BCUT2D eigenvalue weighted by molar-refractivity contribution is 5.71. The molecule has 0 aromatic carbocycles. The van der Waals surface area contributed by atoms with Crippen LogP contribution in [0.2, 0.25) is 0 Å². The van der Waals surface area contributed by atoms with Crippen LogP contribution in [-0.2, 0) is 9.53 Å². The number of fused-ring (bicyclic) bond motifs is 1. The van der Waals surface area contributed by atoms with Gasteiger partial charge in [-0.2, -0.15) is 0 Å². The van der Waals surface area contributed by atoms with Crippen molar-refractivity contribution in [1.29, 1.82) is 0 Å². The summed E-state index contributed by atoms with van der Waals surface area (Å²) in [7, 11) is 0. The second-order valence-corrected chi connectivity index (χ2v) is 5.03. The van der Waals surface area contributed by atoms with Crippen LogP contribution in [0.5, 0.6) is 0 Å². The average molecular weight is 210 g/mol. The molecule has 1 aliphatic carbocycles. The number of carbonyl (C=O) groups is 1. The van der Waals surface area contributed by atoms with Gasteiger partial charge in [-0.15, -0.1) is 0 Å². The van der Waals surface area contributed by atoms with E-state index in [0.29, 0.717) is 6.42 Å². The largest absolute Gasteiger partial charge is 0.456 e. The summed E-state index contributed by atoms with van der Waals surface area (Å²) in [6.07, 6.45) is 2.78. The van der Waals surface area contributed by atoms with Gasteiger partial charge in [0.2, 0.25) is 0 Å². The first-order chi connectivity index (χ1) is 6.95. The molecule has 0 bridgehead atoms. The third-order valence-electron chi connectivity index (χ3n) is 3.91. The summed E-state index contributed by atoms with van der Waals surface area (Å²) >= 11 is 0. The molecule has 4 atom stereocenters. The Kier molecular flexibility index (Phi) is 2.38. The molecule has 0 unspecified atom stereocenters. The van der Waals surface area contributed by atoms with Crippen LogP contribution in [0.4, 0.5) is 0 Å². The van der Waals surface area contributed by atoms with Gasteiger partial charge in [0.15, 0.2) is 0 Å². The standard InChI is InChI=1S/C12H18O3/c1-7-4-5-9-8(2)6-10(13)15-12(9,3)11(7)14/h4,8-9,11,14H,5-6H2,1-3H3/t8-,9+,11+,12+/m0/s1. The quantitative estimate of drug-likeness (QED) is 0.488. The first-order valence-corrected chi connectivity index (χ1v) is 5.51. The van der Waals surface area contributed by atoms with Crippen LogP contribution in [0, 0.1) is 11.8 Å². The Morgan fingerprint density at radius 3 is 2.93 bits per heavy atom. The first kappa shape index (κ1) is 10.7. The van der Waals surface area contributed by atoms with Crippen molar-refractivity contribution >= 4 is 5.97 Å². The van der Waals surface area contributed by atoms with Gasteiger partial charge in [-0.25, -0.2) is 0 Å². The molecule has 15 heavy (non-hydrogen) atoms. The van der Waals surface area contributed by atoms with E-state index in [1.165, 1.54) is 0 Å². The van der Waals surface area contributed by atoms with Gasteiger partial charge in [-0.05, 0) is 31.8 Å². The van der Waals surface area contributed by atoms with E-state index in [9.17, 15) is 9.90 Å². The molecule has 0 spiro atoms. The molecule has 0 saturated carbocycles. The summed E-state index contributed by atoms with van der Waals surface area (Å²) in [6.45, 7) is 5.80. The summed E-state index contributed by atoms with van der Waals surface area (Å²) in [5.41, 5.74) is 0.198. The fourth-order valence-corrected chi connectivity index (χ4v) is 2.93. The summed E-state index contributed by atoms with van der Waals surface area (Å²) in [4.78, 5) is 11.4. The molecule has 1 heterocycles. The lowest BCUT2D eigenvalue weighted by molar-refractivity contribution is -0.197. The van der Waals surface area contributed by atoms with Crippen molar-refractivity contribution in [3.8, 4) is 0 Å². The van der Waals surface area contributed by atoms with Crippen molar-refractivity contribution in [3.05, 3.63) is 11.6 Å². The Morgan fingerprint density at radius 1 is 1.60 bits per heavy atom. The minimum atomic E-state index is -0.715. The van der Waals surface area contributed by atoms with Crippen LogP contribution in [-0.4, -0.2) is 22.8 Å². The van der Waals surface area contributed by atoms with Gasteiger partial charge >= 0.3 is 5.97 Å². The molecule has 0 amide bonds. The van der Waals surface area contributed by atoms with E-state index >= 15 is 0 Å². The fraction of sp³-hybridized carbons (Fsp3) is 0.750. The van der Waals surface area contributed by atoms with Crippen LogP contribution in [0.25, 0.3) is 0 Å². The lowest BCUT2D eigenvalue weighted by atomic mass is 9.67. The maximum Gasteiger partial charge on any atom is 0.306 e. The van der Waals surface area contributed by atoms with E-state index in [2.05, 4.69) is 13.0 Å². The Hall–Kier alpha value is -0.830. The second kappa shape index (κ2) is 3.34. The van der Waals surface area contributed by atoms with Crippen LogP contribution < -0.4 is 0 Å². The molecule has 0 aromatic rings. The molecule has 2 aliphatic rings. The van der Waals surface area contributed by atoms with Crippen LogP contribution in [0.3, 0.4) is 0 Å². The zero-order valence-electron chi connectivity index (χ0n) is 9.49. The molecule has 3 nitrogen and oxygen atoms in total. The topological polar surface area (TPSA) is 46.5 Å². The summed E-state index contributed by atoms with van der Waals surface area (Å²) < 4.78 is 5.40. The molecule has 1 N–H and O–H groups in total. The van der Waals surface area contributed by atoms with E-state index < -0.39 is 11.7 Å². The lowest BCUT2D eigenvalue weighted by Crippen LogP contribution is -2.57. The molecule has 0 radical (unpaired) electrons. The number of hydrogen-bond acceptors (Lipinski definition) is 3. The van der Waals surface area contributed by atoms with E-state index in [0.717, 1.165) is 12.0 Å². The van der Waals surface area contributed by atoms with Crippen LogP contribution in [0.1, 0.15) is 33.6 Å². The van der Waals surface area contributed by atoms with Crippen molar-refractivity contribution in [3.63, 3.8) is 0 Å². The highest BCUT2D eigenvalue weighted by Crippen LogP contribution is 2.44. The zero-order chi connectivity index (χ0) is 11.2. The van der Waals surface area contributed by atoms with Gasteiger partial charge in [-0.1, -0.05) is 13.0 Å². The number of esters is 1. The summed E-state index contributed by atoms with van der Waals surface area (Å²) in [5.74, 6) is 0.346. The van der Waals surface area contributed by atoms with E-state index in [4.69, 9.17) is 4.74 Å². The molecular weight excluding hydrogens is 192 g/mol. The van der Waals surface area contributed by atoms with Crippen molar-refractivity contribution < 1.29 is 14.6 Å². The molecule has 0 aromatic heterocycles. The fourth-order valence-electron chi connectivity index (χ4n) is 2.93. The monoisotopic (exact) mass is 210 g/mol. The van der Waals surface area contributed by atoms with Crippen molar-refractivity contribution in [2.45, 2.75) is 45.3 Å². The summed E-state index contributed by atoms with van der Waals surface area (Å²) in [6, 6.07) is 0. The minimum Gasteiger partial charge on any atom is -0.456 e. The molecule has 3 heteroatoms. The third kappa shape index (κ3) is 1.49. The molecular formula is C12H18O3. The van der Waals surface area contributed by atoms with Gasteiger partial charge in [0.1, 0.15) is 11.7 Å². The number of carbonyl (C=O) groups excluding carboxylic acids is 1. The van der Waals surface area contributed by atoms with Crippen molar-refractivity contribution in [2.24, 2.45) is 11.8 Å². The number of hydrogen-bond donors (Lipinski definition) is 1. The van der Waals surface area contributed by atoms with Gasteiger partial charge in [0.25, 0.3) is 0 Å². The number of aliphatic hydroxyl groups is 1. The predicted octanol–water partition coefficient (Wildman–Crippen LogP) is 1.66. The second-order valence-electron chi connectivity index (χ2n) is 5.03. The molecule has 2 rings (SSSR count). The van der Waals surface area contributed by atoms with Crippen molar-refractivity contribution in [1.82, 2.24) is 0 Å². The zero-order valence-corrected chi connectivity index (χ0v) is 9.49. The van der Waals surface area contributed by atoms with Gasteiger partial charge < -0.3 is 9.84 Å². The Bertz CT molecular complexity index is 321. The van der Waals surface area contributed by atoms with Gasteiger partial charge in [-0.3, -0.25) is 4.79 Å². The maximum absolute atomic E-state index is 11.4. The van der Waals surface area contributed by atoms with Crippen LogP contribution in [0.15, 0.2) is 11.6 Å². The van der Waals surface area contributed by atoms with Crippen LogP contribution >= 0.6 is 0 Å².